The maximum absolute atomic E-state index is 8.73. The number of aromatic amines is 2. The lowest BCUT2D eigenvalue weighted by molar-refractivity contribution is 1.27. The van der Waals surface area contributed by atoms with E-state index < -0.39 is 0 Å². The topological polar surface area (TPSA) is 55.4 Å². The average Bonchev–Trinajstić information content (AvgIpc) is 2.65. The molecule has 3 nitrogen and oxygen atoms in total. The molecule has 2 rings (SSSR count). The van der Waals surface area contributed by atoms with Crippen molar-refractivity contribution in [2.75, 3.05) is 0 Å². The van der Waals surface area contributed by atoms with Gasteiger partial charge in [0.2, 0.25) is 0 Å². The summed E-state index contributed by atoms with van der Waals surface area (Å²) >= 11 is 4.92. The van der Waals surface area contributed by atoms with Gasteiger partial charge in [-0.05, 0) is 24.4 Å². The van der Waals surface area contributed by atoms with E-state index in [1.807, 2.05) is 18.2 Å². The zero-order valence-corrected chi connectivity index (χ0v) is 8.06. The predicted octanol–water partition coefficient (Wildman–Crippen LogP) is 2.61. The lowest BCUT2D eigenvalue weighted by atomic mass is 10.1. The number of nitrogens with one attached hydrogen (secondary N) is 2. The highest BCUT2D eigenvalue weighted by atomic mass is 32.1. The third-order valence-electron chi connectivity index (χ3n) is 1.90. The lowest BCUT2D eigenvalue weighted by Gasteiger charge is -1.96. The van der Waals surface area contributed by atoms with Gasteiger partial charge in [-0.3, -0.25) is 0 Å². The zero-order chi connectivity index (χ0) is 9.97. The monoisotopic (exact) mass is 201 g/mol. The number of hydrogen-bond donors (Lipinski definition) is 2. The van der Waals surface area contributed by atoms with Gasteiger partial charge in [-0.1, -0.05) is 12.1 Å². The second kappa shape index (κ2) is 3.48. The molecule has 0 saturated carbocycles. The van der Waals surface area contributed by atoms with Crippen LogP contribution >= 0.6 is 12.2 Å². The number of rotatable bonds is 1. The summed E-state index contributed by atoms with van der Waals surface area (Å²) in [5.74, 6) is 0. The minimum atomic E-state index is 0.586. The SMILES string of the molecule is N#Cc1cccc(-c2c[nH]c(=S)[nH]2)c1. The Morgan fingerprint density at radius 1 is 1.36 bits per heavy atom. The Kier molecular flexibility index (Phi) is 2.17. The molecule has 1 heterocycles. The van der Waals surface area contributed by atoms with Crippen molar-refractivity contribution in [2.45, 2.75) is 0 Å². The molecule has 0 bridgehead atoms. The fraction of sp³-hybridized carbons (Fsp3) is 0. The highest BCUT2D eigenvalue weighted by molar-refractivity contribution is 7.71. The van der Waals surface area contributed by atoms with Crippen LogP contribution < -0.4 is 0 Å². The first kappa shape index (κ1) is 8.73. The van der Waals surface area contributed by atoms with E-state index in [0.29, 0.717) is 10.3 Å². The summed E-state index contributed by atoms with van der Waals surface area (Å²) in [6.45, 7) is 0. The van der Waals surface area contributed by atoms with E-state index in [1.165, 1.54) is 0 Å². The van der Waals surface area contributed by atoms with Crippen molar-refractivity contribution >= 4 is 12.2 Å². The Hall–Kier alpha value is -1.86. The first-order chi connectivity index (χ1) is 6.79. The summed E-state index contributed by atoms with van der Waals surface area (Å²) in [6.07, 6.45) is 1.79. The largest absolute Gasteiger partial charge is 0.337 e. The molecule has 1 aromatic carbocycles. The van der Waals surface area contributed by atoms with E-state index in [1.54, 1.807) is 12.3 Å². The Morgan fingerprint density at radius 3 is 2.86 bits per heavy atom. The number of benzene rings is 1. The molecule has 0 saturated heterocycles. The van der Waals surface area contributed by atoms with Gasteiger partial charge in [-0.15, -0.1) is 0 Å². The molecule has 2 aromatic rings. The van der Waals surface area contributed by atoms with Gasteiger partial charge in [0.05, 0.1) is 17.3 Å². The van der Waals surface area contributed by atoms with Gasteiger partial charge in [0.25, 0.3) is 0 Å². The Morgan fingerprint density at radius 2 is 2.21 bits per heavy atom. The van der Waals surface area contributed by atoms with E-state index in [4.69, 9.17) is 17.5 Å². The van der Waals surface area contributed by atoms with Crippen molar-refractivity contribution in [2.24, 2.45) is 0 Å². The minimum absolute atomic E-state index is 0.586. The molecule has 0 atom stereocenters. The normalized spacial score (nSPS) is 9.64. The number of H-pyrrole nitrogens is 2. The standard InChI is InChI=1S/C10H7N3S/c11-5-7-2-1-3-8(4-7)9-6-12-10(14)13-9/h1-4,6H,(H2,12,13,14). The van der Waals surface area contributed by atoms with Crippen LogP contribution in [0.25, 0.3) is 11.3 Å². The maximum Gasteiger partial charge on any atom is 0.174 e. The third-order valence-corrected chi connectivity index (χ3v) is 2.12. The molecule has 0 spiro atoms. The van der Waals surface area contributed by atoms with E-state index >= 15 is 0 Å². The summed E-state index contributed by atoms with van der Waals surface area (Å²) in [5.41, 5.74) is 2.49. The van der Waals surface area contributed by atoms with Gasteiger partial charge in [-0.25, -0.2) is 0 Å². The number of nitrogens with zero attached hydrogens (tertiary/aromatic N) is 1. The van der Waals surface area contributed by atoms with Crippen LogP contribution in [0.4, 0.5) is 0 Å². The highest BCUT2D eigenvalue weighted by Gasteiger charge is 1.99. The number of aromatic nitrogens is 2. The van der Waals surface area contributed by atoms with Crippen molar-refractivity contribution in [1.29, 1.82) is 5.26 Å². The lowest BCUT2D eigenvalue weighted by Crippen LogP contribution is -1.79. The average molecular weight is 201 g/mol. The molecular formula is C10H7N3S. The van der Waals surface area contributed by atoms with Crippen molar-refractivity contribution in [3.63, 3.8) is 0 Å². The molecule has 1 aromatic heterocycles. The van der Waals surface area contributed by atoms with Gasteiger partial charge in [0.1, 0.15) is 0 Å². The summed E-state index contributed by atoms with van der Waals surface area (Å²) < 4.78 is 0.586. The minimum Gasteiger partial charge on any atom is -0.337 e. The molecule has 0 aliphatic heterocycles. The molecule has 0 aliphatic carbocycles. The fourth-order valence-corrected chi connectivity index (χ4v) is 1.41. The van der Waals surface area contributed by atoms with Gasteiger partial charge in [0, 0.05) is 11.8 Å². The quantitative estimate of drug-likeness (QED) is 0.697. The van der Waals surface area contributed by atoms with Crippen LogP contribution in [0.1, 0.15) is 5.56 Å². The molecule has 14 heavy (non-hydrogen) atoms. The summed E-state index contributed by atoms with van der Waals surface area (Å²) in [4.78, 5) is 5.87. The first-order valence-electron chi connectivity index (χ1n) is 4.08. The molecule has 0 radical (unpaired) electrons. The van der Waals surface area contributed by atoms with Crippen LogP contribution in [-0.4, -0.2) is 9.97 Å². The van der Waals surface area contributed by atoms with E-state index in [2.05, 4.69) is 16.0 Å². The molecule has 0 fully saturated rings. The van der Waals surface area contributed by atoms with E-state index in [0.717, 1.165) is 11.3 Å². The second-order valence-electron chi connectivity index (χ2n) is 2.85. The Balaban J connectivity index is 2.53. The smallest absolute Gasteiger partial charge is 0.174 e. The predicted molar refractivity (Wildman–Crippen MR) is 56.1 cm³/mol. The third kappa shape index (κ3) is 1.58. The zero-order valence-electron chi connectivity index (χ0n) is 7.24. The molecule has 68 valence electrons. The van der Waals surface area contributed by atoms with Gasteiger partial charge >= 0.3 is 0 Å². The summed E-state index contributed by atoms with van der Waals surface area (Å²) in [5, 5.41) is 8.73. The Labute approximate surface area is 86.0 Å². The van der Waals surface area contributed by atoms with Crippen LogP contribution in [0, 0.1) is 16.1 Å². The van der Waals surface area contributed by atoms with Crippen LogP contribution in [0.2, 0.25) is 0 Å². The van der Waals surface area contributed by atoms with Crippen molar-refractivity contribution in [3.05, 3.63) is 40.8 Å². The van der Waals surface area contributed by atoms with Crippen LogP contribution in [0.5, 0.6) is 0 Å². The summed E-state index contributed by atoms with van der Waals surface area (Å²) in [7, 11) is 0. The molecule has 0 unspecified atom stereocenters. The molecular weight excluding hydrogens is 194 g/mol. The van der Waals surface area contributed by atoms with Gasteiger partial charge in [-0.2, -0.15) is 5.26 Å². The maximum atomic E-state index is 8.73. The van der Waals surface area contributed by atoms with Crippen LogP contribution in [0.3, 0.4) is 0 Å². The molecule has 0 aliphatic rings. The Bertz CT molecular complexity index is 545. The van der Waals surface area contributed by atoms with Crippen molar-refractivity contribution < 1.29 is 0 Å². The van der Waals surface area contributed by atoms with Crippen molar-refractivity contribution in [3.8, 4) is 17.3 Å². The van der Waals surface area contributed by atoms with E-state index in [9.17, 15) is 0 Å². The van der Waals surface area contributed by atoms with Crippen molar-refractivity contribution in [1.82, 2.24) is 9.97 Å². The van der Waals surface area contributed by atoms with Gasteiger partial charge < -0.3 is 9.97 Å². The van der Waals surface area contributed by atoms with Crippen LogP contribution in [-0.2, 0) is 0 Å². The first-order valence-corrected chi connectivity index (χ1v) is 4.48. The summed E-state index contributed by atoms with van der Waals surface area (Å²) in [6, 6.07) is 9.45. The molecule has 0 amide bonds. The molecule has 2 N–H and O–H groups in total. The van der Waals surface area contributed by atoms with E-state index in [-0.39, 0.29) is 0 Å². The van der Waals surface area contributed by atoms with Gasteiger partial charge in [0.15, 0.2) is 4.77 Å². The number of imidazole rings is 1. The highest BCUT2D eigenvalue weighted by Crippen LogP contribution is 2.16. The number of hydrogen-bond acceptors (Lipinski definition) is 2. The van der Waals surface area contributed by atoms with Crippen LogP contribution in [0.15, 0.2) is 30.5 Å². The number of nitriles is 1. The second-order valence-corrected chi connectivity index (χ2v) is 3.26. The molecule has 4 heteroatoms. The fourth-order valence-electron chi connectivity index (χ4n) is 1.24.